The Bertz CT molecular complexity index is 412. The van der Waals surface area contributed by atoms with Gasteiger partial charge in [0.2, 0.25) is 0 Å². The van der Waals surface area contributed by atoms with Crippen LogP contribution in [0.25, 0.3) is 0 Å². The lowest BCUT2D eigenvalue weighted by Gasteiger charge is -2.52. The van der Waals surface area contributed by atoms with Gasteiger partial charge in [0.1, 0.15) is 0 Å². The van der Waals surface area contributed by atoms with Crippen molar-refractivity contribution in [1.29, 1.82) is 0 Å². The molecule has 3 unspecified atom stereocenters. The number of epoxide rings is 1. The lowest BCUT2D eigenvalue weighted by Crippen LogP contribution is -2.61. The molecule has 3 nitrogen and oxygen atoms in total. The molecule has 2 bridgehead atoms. The van der Waals surface area contributed by atoms with E-state index in [2.05, 4.69) is 22.0 Å². The SMILES string of the molecule is O=C1C23C=C(Br)C(CC2CCOC3)[C@]12CO2. The molecule has 86 valence electrons. The number of hydrogen-bond donors (Lipinski definition) is 0. The molecule has 0 aromatic heterocycles. The third-order valence-corrected chi connectivity index (χ3v) is 5.54. The van der Waals surface area contributed by atoms with Crippen molar-refractivity contribution in [2.75, 3.05) is 19.8 Å². The minimum atomic E-state index is -0.481. The number of carbonyl (C=O) groups excluding carboxylic acids is 1. The largest absolute Gasteiger partial charge is 0.380 e. The lowest BCUT2D eigenvalue weighted by molar-refractivity contribution is -0.154. The Labute approximate surface area is 102 Å². The quantitative estimate of drug-likeness (QED) is 0.635. The zero-order valence-electron chi connectivity index (χ0n) is 8.87. The van der Waals surface area contributed by atoms with Crippen molar-refractivity contribution in [2.24, 2.45) is 17.3 Å². The van der Waals surface area contributed by atoms with Crippen LogP contribution in [-0.4, -0.2) is 31.2 Å². The van der Waals surface area contributed by atoms with Gasteiger partial charge >= 0.3 is 0 Å². The van der Waals surface area contributed by atoms with Gasteiger partial charge in [-0.1, -0.05) is 22.0 Å². The normalized spacial score (nSPS) is 53.8. The second-order valence-electron chi connectivity index (χ2n) is 5.40. The number of halogens is 1. The van der Waals surface area contributed by atoms with Crippen LogP contribution in [0.5, 0.6) is 0 Å². The zero-order chi connectivity index (χ0) is 11.0. The molecule has 1 saturated carbocycles. The summed E-state index contributed by atoms with van der Waals surface area (Å²) in [5, 5.41) is 0. The number of hydrogen-bond acceptors (Lipinski definition) is 3. The van der Waals surface area contributed by atoms with E-state index in [1.54, 1.807) is 0 Å². The molecule has 5 rings (SSSR count). The second kappa shape index (κ2) is 2.79. The average Bonchev–Trinajstić information content (AvgIpc) is 3.06. The fourth-order valence-corrected chi connectivity index (χ4v) is 4.73. The number of ether oxygens (including phenoxy) is 2. The lowest BCUT2D eigenvalue weighted by atomic mass is 9.53. The van der Waals surface area contributed by atoms with E-state index in [4.69, 9.17) is 9.47 Å². The molecule has 0 radical (unpaired) electrons. The number of carbonyl (C=O) groups is 1. The third kappa shape index (κ3) is 0.913. The highest BCUT2D eigenvalue weighted by Gasteiger charge is 2.71. The highest BCUT2D eigenvalue weighted by molar-refractivity contribution is 9.11. The second-order valence-corrected chi connectivity index (χ2v) is 6.32. The van der Waals surface area contributed by atoms with Crippen LogP contribution in [0.2, 0.25) is 0 Å². The van der Waals surface area contributed by atoms with Crippen molar-refractivity contribution in [3.63, 3.8) is 0 Å². The van der Waals surface area contributed by atoms with E-state index in [1.807, 2.05) is 0 Å². The third-order valence-electron chi connectivity index (χ3n) is 4.75. The summed E-state index contributed by atoms with van der Waals surface area (Å²) in [4.78, 5) is 12.6. The monoisotopic (exact) mass is 284 g/mol. The maximum atomic E-state index is 12.6. The summed E-state index contributed by atoms with van der Waals surface area (Å²) in [6, 6.07) is 0. The van der Waals surface area contributed by atoms with Crippen molar-refractivity contribution >= 4 is 21.7 Å². The van der Waals surface area contributed by atoms with Gasteiger partial charge in [0.05, 0.1) is 18.6 Å². The number of rotatable bonds is 0. The first-order valence-electron chi connectivity index (χ1n) is 5.84. The summed E-state index contributed by atoms with van der Waals surface area (Å²) < 4.78 is 12.2. The van der Waals surface area contributed by atoms with E-state index >= 15 is 0 Å². The molecule has 3 aliphatic carbocycles. The van der Waals surface area contributed by atoms with Crippen molar-refractivity contribution in [3.05, 3.63) is 10.6 Å². The molecule has 2 spiro atoms. The van der Waals surface area contributed by atoms with Gasteiger partial charge in [0.25, 0.3) is 0 Å². The summed E-state index contributed by atoms with van der Waals surface area (Å²) >= 11 is 3.62. The molecule has 4 atom stereocenters. The fourth-order valence-electron chi connectivity index (χ4n) is 3.77. The Morgan fingerprint density at radius 3 is 3.00 bits per heavy atom. The molecule has 4 heteroatoms. The summed E-state index contributed by atoms with van der Waals surface area (Å²) in [7, 11) is 0. The summed E-state index contributed by atoms with van der Waals surface area (Å²) in [5.74, 6) is 1.02. The predicted octanol–water partition coefficient (Wildman–Crippen LogP) is 1.66. The van der Waals surface area contributed by atoms with Gasteiger partial charge in [-0.2, -0.15) is 0 Å². The van der Waals surface area contributed by atoms with Crippen LogP contribution in [0.3, 0.4) is 0 Å². The van der Waals surface area contributed by atoms with Gasteiger partial charge in [-0.3, -0.25) is 4.79 Å². The first-order chi connectivity index (χ1) is 7.69. The van der Waals surface area contributed by atoms with Crippen LogP contribution in [0.1, 0.15) is 12.8 Å². The summed E-state index contributed by atoms with van der Waals surface area (Å²) in [6.45, 7) is 1.95. The Hall–Kier alpha value is -0.190. The van der Waals surface area contributed by atoms with Crippen molar-refractivity contribution in [2.45, 2.75) is 18.4 Å². The molecule has 0 N–H and O–H groups in total. The van der Waals surface area contributed by atoms with Gasteiger partial charge in [0, 0.05) is 12.5 Å². The summed E-state index contributed by atoms with van der Waals surface area (Å²) in [6.07, 6.45) is 4.20. The van der Waals surface area contributed by atoms with Crippen LogP contribution in [0, 0.1) is 17.3 Å². The minimum absolute atomic E-state index is 0.268. The zero-order valence-corrected chi connectivity index (χ0v) is 10.5. The molecule has 5 aliphatic rings. The van der Waals surface area contributed by atoms with Crippen molar-refractivity contribution < 1.29 is 14.3 Å². The maximum absolute atomic E-state index is 12.6. The average molecular weight is 285 g/mol. The van der Waals surface area contributed by atoms with Crippen LogP contribution >= 0.6 is 15.9 Å². The highest BCUT2D eigenvalue weighted by atomic mass is 79.9. The topological polar surface area (TPSA) is 38.8 Å². The maximum Gasteiger partial charge on any atom is 0.180 e. The fraction of sp³-hybridized carbons (Fsp3) is 0.750. The minimum Gasteiger partial charge on any atom is -0.380 e. The Morgan fingerprint density at radius 1 is 1.44 bits per heavy atom. The van der Waals surface area contributed by atoms with Gasteiger partial charge in [-0.25, -0.2) is 0 Å². The number of Topliss-reactive ketones (excluding diaryl/α,β-unsaturated/α-hetero) is 1. The van der Waals surface area contributed by atoms with Crippen molar-refractivity contribution in [1.82, 2.24) is 0 Å². The molecule has 0 aromatic rings. The molecule has 3 fully saturated rings. The predicted molar refractivity (Wildman–Crippen MR) is 60.2 cm³/mol. The van der Waals surface area contributed by atoms with Gasteiger partial charge < -0.3 is 9.47 Å². The van der Waals surface area contributed by atoms with Gasteiger partial charge in [-0.15, -0.1) is 0 Å². The van der Waals surface area contributed by atoms with E-state index < -0.39 is 5.60 Å². The Kier molecular flexibility index (Phi) is 1.71. The van der Waals surface area contributed by atoms with E-state index in [1.165, 1.54) is 0 Å². The van der Waals surface area contributed by atoms with Crippen LogP contribution in [-0.2, 0) is 14.3 Å². The van der Waals surface area contributed by atoms with Crippen molar-refractivity contribution in [3.8, 4) is 0 Å². The Morgan fingerprint density at radius 2 is 2.25 bits per heavy atom. The molecular formula is C12H13BrO3. The highest BCUT2D eigenvalue weighted by Crippen LogP contribution is 2.62. The van der Waals surface area contributed by atoms with Gasteiger partial charge in [0.15, 0.2) is 11.4 Å². The summed E-state index contributed by atoms with van der Waals surface area (Å²) in [5.41, 5.74) is -0.868. The molecule has 2 saturated heterocycles. The van der Waals surface area contributed by atoms with Gasteiger partial charge in [-0.05, 0) is 23.2 Å². The number of ketones is 1. The van der Waals surface area contributed by atoms with E-state index in [-0.39, 0.29) is 17.1 Å². The van der Waals surface area contributed by atoms with Crippen LogP contribution < -0.4 is 0 Å². The smallest absolute Gasteiger partial charge is 0.180 e. The van der Waals surface area contributed by atoms with Crippen LogP contribution in [0.4, 0.5) is 0 Å². The molecule has 2 aliphatic heterocycles. The molecule has 0 aromatic carbocycles. The first-order valence-corrected chi connectivity index (χ1v) is 6.63. The van der Waals surface area contributed by atoms with E-state index in [0.717, 1.165) is 23.9 Å². The first kappa shape index (κ1) is 9.80. The van der Waals surface area contributed by atoms with E-state index in [0.29, 0.717) is 19.1 Å². The van der Waals surface area contributed by atoms with Crippen LogP contribution in [0.15, 0.2) is 10.6 Å². The molecule has 0 amide bonds. The van der Waals surface area contributed by atoms with E-state index in [9.17, 15) is 4.79 Å². The molecule has 16 heavy (non-hydrogen) atoms. The standard InChI is InChI=1S/C12H13BrO3/c13-9-4-11-5-15-2-1-7(11)3-8(9)12(6-16-12)10(11)14/h4,7-8H,1-3,5-6H2/t7?,8?,11?,12-/m1/s1. The molecular weight excluding hydrogens is 272 g/mol. The molecule has 2 heterocycles. The Balaban J connectivity index is 1.89.